The lowest BCUT2D eigenvalue weighted by Gasteiger charge is -2.42. The summed E-state index contributed by atoms with van der Waals surface area (Å²) in [5.41, 5.74) is 3.73. The van der Waals surface area contributed by atoms with E-state index >= 15 is 0 Å². The Labute approximate surface area is 154 Å². The lowest BCUT2D eigenvalue weighted by atomic mass is 9.74. The van der Waals surface area contributed by atoms with Gasteiger partial charge in [-0.3, -0.25) is 10.1 Å². The molecule has 7 heteroatoms. The molecule has 0 spiro atoms. The highest BCUT2D eigenvalue weighted by atomic mass is 19.1. The van der Waals surface area contributed by atoms with Crippen LogP contribution in [-0.4, -0.2) is 38.5 Å². The van der Waals surface area contributed by atoms with Gasteiger partial charge in [0, 0.05) is 42.1 Å². The molecule has 0 aliphatic carbocycles. The maximum atomic E-state index is 14.3. The van der Waals surface area contributed by atoms with E-state index in [2.05, 4.69) is 30.7 Å². The van der Waals surface area contributed by atoms with Crippen LogP contribution < -0.4 is 5.32 Å². The molecule has 0 bridgehead atoms. The predicted octanol–water partition coefficient (Wildman–Crippen LogP) is 2.64. The number of nitrogens with one attached hydrogen (secondary N) is 2. The van der Waals surface area contributed by atoms with Gasteiger partial charge in [-0.1, -0.05) is 6.07 Å². The summed E-state index contributed by atoms with van der Waals surface area (Å²) in [5, 5.41) is 20.0. The highest BCUT2D eigenvalue weighted by molar-refractivity contribution is 5.83. The third kappa shape index (κ3) is 2.76. The molecule has 4 aromatic rings. The maximum Gasteiger partial charge on any atom is 0.145 e. The van der Waals surface area contributed by atoms with Crippen molar-refractivity contribution in [2.45, 2.75) is 11.8 Å². The Morgan fingerprint density at radius 3 is 2.74 bits per heavy atom. The Bertz CT molecular complexity index is 1100. The number of pyridine rings is 1. The second-order valence-electron chi connectivity index (χ2n) is 6.98. The first kappa shape index (κ1) is 16.0. The maximum absolute atomic E-state index is 14.3. The topological polar surface area (TPSA) is 79.4 Å². The molecule has 0 amide bonds. The van der Waals surface area contributed by atoms with Gasteiger partial charge in [-0.15, -0.1) is 0 Å². The number of halogens is 1. The van der Waals surface area contributed by atoms with Gasteiger partial charge >= 0.3 is 0 Å². The molecule has 1 aliphatic rings. The number of benzene rings is 1. The second-order valence-corrected chi connectivity index (χ2v) is 6.98. The van der Waals surface area contributed by atoms with Crippen LogP contribution >= 0.6 is 0 Å². The van der Waals surface area contributed by atoms with Crippen LogP contribution in [0.1, 0.15) is 11.4 Å². The fraction of sp³-hybridized carbons (Fsp3) is 0.200. The van der Waals surface area contributed by atoms with Crippen molar-refractivity contribution in [2.75, 3.05) is 13.1 Å². The van der Waals surface area contributed by atoms with E-state index in [4.69, 9.17) is 0 Å². The minimum atomic E-state index is -0.364. The molecule has 1 aliphatic heterocycles. The number of hydrogen-bond donors (Lipinski definition) is 2. The first-order chi connectivity index (χ1) is 13.2. The lowest BCUT2D eigenvalue weighted by Crippen LogP contribution is -2.59. The van der Waals surface area contributed by atoms with Crippen molar-refractivity contribution in [3.8, 4) is 11.3 Å². The van der Waals surface area contributed by atoms with Crippen LogP contribution in [0.25, 0.3) is 22.2 Å². The van der Waals surface area contributed by atoms with Gasteiger partial charge in [-0.05, 0) is 36.4 Å². The monoisotopic (exact) mass is 360 g/mol. The SMILES string of the molecule is Fc1cccnc1C1(Cc2ccc(-c3ccc4[nH]ncc4c3)nn2)CNC1. The Balaban J connectivity index is 1.42. The summed E-state index contributed by atoms with van der Waals surface area (Å²) in [4.78, 5) is 4.29. The van der Waals surface area contributed by atoms with E-state index in [-0.39, 0.29) is 11.2 Å². The van der Waals surface area contributed by atoms with Gasteiger partial charge in [-0.2, -0.15) is 15.3 Å². The minimum Gasteiger partial charge on any atom is -0.315 e. The summed E-state index contributed by atoms with van der Waals surface area (Å²) in [6.07, 6.45) is 4.02. The number of rotatable bonds is 4. The Morgan fingerprint density at radius 2 is 2.00 bits per heavy atom. The minimum absolute atomic E-state index is 0.267. The quantitative estimate of drug-likeness (QED) is 0.585. The van der Waals surface area contributed by atoms with Crippen LogP contribution in [0.15, 0.2) is 54.9 Å². The molecule has 0 unspecified atom stereocenters. The molecule has 134 valence electrons. The van der Waals surface area contributed by atoms with E-state index < -0.39 is 0 Å². The van der Waals surface area contributed by atoms with Crippen molar-refractivity contribution in [1.82, 2.24) is 30.7 Å². The van der Waals surface area contributed by atoms with E-state index in [9.17, 15) is 4.39 Å². The molecule has 3 aromatic heterocycles. The van der Waals surface area contributed by atoms with Crippen LogP contribution in [0, 0.1) is 5.82 Å². The summed E-state index contributed by atoms with van der Waals surface area (Å²) < 4.78 is 14.3. The summed E-state index contributed by atoms with van der Waals surface area (Å²) in [7, 11) is 0. The summed E-state index contributed by atoms with van der Waals surface area (Å²) in [5.74, 6) is -0.267. The Hall–Kier alpha value is -3.19. The highest BCUT2D eigenvalue weighted by Gasteiger charge is 2.42. The van der Waals surface area contributed by atoms with Crippen molar-refractivity contribution >= 4 is 10.9 Å². The van der Waals surface area contributed by atoms with Gasteiger partial charge in [0.2, 0.25) is 0 Å². The Kier molecular flexibility index (Phi) is 3.68. The number of hydrogen-bond acceptors (Lipinski definition) is 5. The van der Waals surface area contributed by atoms with E-state index in [1.807, 2.05) is 30.3 Å². The smallest absolute Gasteiger partial charge is 0.145 e. The zero-order chi connectivity index (χ0) is 18.3. The van der Waals surface area contributed by atoms with Crippen LogP contribution in [0.4, 0.5) is 4.39 Å². The van der Waals surface area contributed by atoms with Crippen molar-refractivity contribution in [3.63, 3.8) is 0 Å². The van der Waals surface area contributed by atoms with Crippen molar-refractivity contribution in [1.29, 1.82) is 0 Å². The first-order valence-corrected chi connectivity index (χ1v) is 8.81. The molecule has 0 atom stereocenters. The summed E-state index contributed by atoms with van der Waals surface area (Å²) in [6.45, 7) is 1.36. The van der Waals surface area contributed by atoms with Crippen LogP contribution in [0.2, 0.25) is 0 Å². The molecular formula is C20H17FN6. The zero-order valence-corrected chi connectivity index (χ0v) is 14.5. The second kappa shape index (κ2) is 6.21. The Morgan fingerprint density at radius 1 is 1.07 bits per heavy atom. The number of aromatic amines is 1. The summed E-state index contributed by atoms with van der Waals surface area (Å²) >= 11 is 0. The number of H-pyrrole nitrogens is 1. The van der Waals surface area contributed by atoms with Gasteiger partial charge in [-0.25, -0.2) is 4.39 Å². The van der Waals surface area contributed by atoms with Gasteiger partial charge in [0.15, 0.2) is 0 Å². The number of fused-ring (bicyclic) bond motifs is 1. The van der Waals surface area contributed by atoms with Crippen molar-refractivity contribution in [2.24, 2.45) is 0 Å². The third-order valence-electron chi connectivity index (χ3n) is 5.16. The molecule has 27 heavy (non-hydrogen) atoms. The van der Waals surface area contributed by atoms with Crippen LogP contribution in [0.5, 0.6) is 0 Å². The van der Waals surface area contributed by atoms with Gasteiger partial charge in [0.05, 0.1) is 28.8 Å². The lowest BCUT2D eigenvalue weighted by molar-refractivity contribution is 0.255. The highest BCUT2D eigenvalue weighted by Crippen LogP contribution is 2.32. The molecule has 0 saturated carbocycles. The number of nitrogens with zero attached hydrogens (tertiary/aromatic N) is 4. The number of aromatic nitrogens is 5. The molecule has 6 nitrogen and oxygen atoms in total. The molecule has 1 aromatic carbocycles. The van der Waals surface area contributed by atoms with E-state index in [1.165, 1.54) is 6.07 Å². The molecule has 1 saturated heterocycles. The van der Waals surface area contributed by atoms with Crippen molar-refractivity contribution in [3.05, 3.63) is 72.1 Å². The van der Waals surface area contributed by atoms with E-state index in [0.29, 0.717) is 25.2 Å². The fourth-order valence-electron chi connectivity index (χ4n) is 3.64. The average molecular weight is 360 g/mol. The zero-order valence-electron chi connectivity index (χ0n) is 14.5. The normalized spacial score (nSPS) is 15.6. The first-order valence-electron chi connectivity index (χ1n) is 8.81. The average Bonchev–Trinajstić information content (AvgIpc) is 3.14. The largest absolute Gasteiger partial charge is 0.315 e. The molecule has 2 N–H and O–H groups in total. The van der Waals surface area contributed by atoms with Gasteiger partial charge < -0.3 is 5.32 Å². The van der Waals surface area contributed by atoms with Crippen LogP contribution in [-0.2, 0) is 11.8 Å². The van der Waals surface area contributed by atoms with Gasteiger partial charge in [0.25, 0.3) is 0 Å². The van der Waals surface area contributed by atoms with E-state index in [0.717, 1.165) is 27.9 Å². The van der Waals surface area contributed by atoms with E-state index in [1.54, 1.807) is 18.5 Å². The van der Waals surface area contributed by atoms with Crippen LogP contribution in [0.3, 0.4) is 0 Å². The molecule has 1 fully saturated rings. The molecule has 4 heterocycles. The fourth-order valence-corrected chi connectivity index (χ4v) is 3.64. The summed E-state index contributed by atoms with van der Waals surface area (Å²) in [6, 6.07) is 13.0. The molecule has 5 rings (SSSR count). The molecular weight excluding hydrogens is 343 g/mol. The third-order valence-corrected chi connectivity index (χ3v) is 5.16. The van der Waals surface area contributed by atoms with Crippen molar-refractivity contribution < 1.29 is 4.39 Å². The molecule has 0 radical (unpaired) electrons. The predicted molar refractivity (Wildman–Crippen MR) is 99.6 cm³/mol. The standard InChI is InChI=1S/C20H17FN6/c21-16-2-1-7-23-19(16)20(11-22-12-20)9-15-4-6-17(27-25-15)13-3-5-18-14(8-13)10-24-26-18/h1-8,10,22H,9,11-12H2,(H,24,26). The van der Waals surface area contributed by atoms with Gasteiger partial charge in [0.1, 0.15) is 5.82 Å².